The van der Waals surface area contributed by atoms with E-state index in [-0.39, 0.29) is 86.9 Å². The van der Waals surface area contributed by atoms with Gasteiger partial charge in [0.2, 0.25) is 23.7 Å². The van der Waals surface area contributed by atoms with Gasteiger partial charge in [0.05, 0.1) is 57.4 Å². The van der Waals surface area contributed by atoms with Crippen molar-refractivity contribution < 1.29 is 31.9 Å². The predicted molar refractivity (Wildman–Crippen MR) is 391 cm³/mol. The number of nitrogens with zero attached hydrogens (tertiary/aromatic N) is 16. The quantitative estimate of drug-likeness (QED) is 0.0782. The molecule has 0 N–H and O–H groups in total. The Labute approximate surface area is 597 Å². The molecule has 6 aliphatic heterocycles. The van der Waals surface area contributed by atoms with Crippen LogP contribution in [0.1, 0.15) is 57.4 Å². The molecule has 0 bridgehead atoms. The molecule has 6 atom stereocenters. The van der Waals surface area contributed by atoms with Crippen molar-refractivity contribution in [3.63, 3.8) is 0 Å². The minimum absolute atomic E-state index is 0.0420. The topological polar surface area (TPSA) is 190 Å². The van der Waals surface area contributed by atoms with Gasteiger partial charge in [-0.25, -0.2) is 42.5 Å². The number of rotatable bonds is 13. The fraction of sp³-hybridized carbons (Fsp3) is 0.289. The molecule has 516 valence electrons. The van der Waals surface area contributed by atoms with E-state index in [1.165, 1.54) is 36.9 Å². The van der Waals surface area contributed by atoms with Crippen molar-refractivity contribution in [2.45, 2.75) is 88.1 Å². The number of halogens is 6. The lowest BCUT2D eigenvalue weighted by Gasteiger charge is -2.47. The number of hydrogen-bond donors (Lipinski definition) is 0. The van der Waals surface area contributed by atoms with E-state index in [1.807, 2.05) is 81.3 Å². The molecule has 4 aromatic carbocycles. The smallest absolute Gasteiger partial charge is 0.246 e. The monoisotopic (exact) mass is 1430 g/mol. The van der Waals surface area contributed by atoms with Gasteiger partial charge in [0, 0.05) is 108 Å². The van der Waals surface area contributed by atoms with Crippen LogP contribution in [0, 0.1) is 23.3 Å². The maximum Gasteiger partial charge on any atom is 0.246 e. The van der Waals surface area contributed by atoms with Crippen LogP contribution in [0.5, 0.6) is 0 Å². The molecule has 26 heteroatoms. The Morgan fingerprint density at radius 3 is 1.55 bits per heavy atom. The summed E-state index contributed by atoms with van der Waals surface area (Å²) in [5.41, 5.74) is 4.12. The number of thiophene rings is 1. The van der Waals surface area contributed by atoms with Crippen molar-refractivity contribution >= 4 is 129 Å². The third-order valence-corrected chi connectivity index (χ3v) is 22.8. The van der Waals surface area contributed by atoms with E-state index in [1.54, 1.807) is 54.2 Å². The number of hydrogen-bond acceptors (Lipinski definition) is 17. The highest BCUT2D eigenvalue weighted by Crippen LogP contribution is 2.49. The van der Waals surface area contributed by atoms with Crippen LogP contribution in [-0.4, -0.2) is 166 Å². The molecule has 18 rings (SSSR count). The first kappa shape index (κ1) is 66.3. The number of amides is 3. The molecule has 7 aromatic heterocycles. The van der Waals surface area contributed by atoms with Gasteiger partial charge in [-0.3, -0.25) is 29.3 Å². The zero-order valence-corrected chi connectivity index (χ0v) is 57.9. The highest BCUT2D eigenvalue weighted by Gasteiger charge is 2.52. The van der Waals surface area contributed by atoms with Gasteiger partial charge < -0.3 is 34.3 Å². The van der Waals surface area contributed by atoms with Crippen molar-refractivity contribution in [1.82, 2.24) is 59.6 Å². The van der Waals surface area contributed by atoms with E-state index >= 15 is 13.2 Å². The molecule has 7 aliphatic rings. The molecule has 0 radical (unpaired) electrons. The first-order chi connectivity index (χ1) is 49.6. The molecule has 3 amide bonds. The van der Waals surface area contributed by atoms with Gasteiger partial charge >= 0.3 is 0 Å². The second-order valence-electron chi connectivity index (χ2n) is 26.3. The zero-order valence-electron chi connectivity index (χ0n) is 55.5. The summed E-state index contributed by atoms with van der Waals surface area (Å²) >= 11 is 14.4. The number of fused-ring (bicyclic) bond motifs is 8. The molecular weight excluding hydrogens is 1360 g/mol. The van der Waals surface area contributed by atoms with Gasteiger partial charge in [-0.05, 0) is 111 Å². The van der Waals surface area contributed by atoms with Crippen LogP contribution < -0.4 is 19.6 Å². The lowest BCUT2D eigenvalue weighted by Crippen LogP contribution is -2.63. The largest absolute Gasteiger partial charge is 0.349 e. The fourth-order valence-electron chi connectivity index (χ4n) is 15.9. The first-order valence-electron chi connectivity index (χ1n) is 34.0. The van der Waals surface area contributed by atoms with Crippen molar-refractivity contribution in [3.8, 4) is 33.8 Å². The van der Waals surface area contributed by atoms with Crippen molar-refractivity contribution in [2.75, 3.05) is 72.0 Å². The number of likely N-dealkylation sites (tertiary alicyclic amines) is 3. The van der Waals surface area contributed by atoms with Gasteiger partial charge in [0.1, 0.15) is 69.6 Å². The molecule has 1 saturated carbocycles. The zero-order chi connectivity index (χ0) is 70.5. The van der Waals surface area contributed by atoms with Crippen LogP contribution in [0.3, 0.4) is 0 Å². The lowest BCUT2D eigenvalue weighted by atomic mass is 9.96. The molecule has 0 unspecified atom stereocenters. The van der Waals surface area contributed by atoms with E-state index in [0.29, 0.717) is 125 Å². The van der Waals surface area contributed by atoms with Crippen LogP contribution in [-0.2, 0) is 14.4 Å². The van der Waals surface area contributed by atoms with Crippen molar-refractivity contribution in [3.05, 3.63) is 186 Å². The van der Waals surface area contributed by atoms with E-state index < -0.39 is 23.3 Å². The van der Waals surface area contributed by atoms with Crippen LogP contribution in [0.15, 0.2) is 147 Å². The summed E-state index contributed by atoms with van der Waals surface area (Å²) in [7, 11) is 0. The highest BCUT2D eigenvalue weighted by molar-refractivity contribution is 7.17. The third kappa shape index (κ3) is 11.0. The Kier molecular flexibility index (Phi) is 17.3. The SMILES string of the molecule is C=CC(=O)N1CC[C@@H]2[C@H]1CN2c1nc(N(CC)CC)nc2c(F)c(-c3cccc4ccc(F)c(Cl)c34)ncc12.C=CC(=O)N1CC[C@@H]2[C@H]1CN2c1ncnc2c(F)c(-c3cccc(Cl)c3C3CC3)ncc12.C=CC(=O)N1CC[C@@H]2[C@H]1CN2c1ncnc2c(F)c(-c3cccc4sccc34)ncc12. The van der Waals surface area contributed by atoms with Crippen molar-refractivity contribution in [1.29, 1.82) is 0 Å². The molecule has 11 aromatic rings. The van der Waals surface area contributed by atoms with Crippen LogP contribution >= 0.6 is 34.5 Å². The molecule has 0 spiro atoms. The number of anilines is 4. The summed E-state index contributed by atoms with van der Waals surface area (Å²) in [4.78, 5) is 90.8. The Morgan fingerprint density at radius 1 is 0.529 bits per heavy atom. The molecule has 102 heavy (non-hydrogen) atoms. The van der Waals surface area contributed by atoms with Crippen LogP contribution in [0.4, 0.5) is 41.0 Å². The lowest BCUT2D eigenvalue weighted by molar-refractivity contribution is -0.128. The second kappa shape index (κ2) is 26.6. The molecule has 6 saturated heterocycles. The minimum Gasteiger partial charge on any atom is -0.349 e. The molecular formula is C76H66Cl2F4N16O3S. The minimum atomic E-state index is -0.621. The summed E-state index contributed by atoms with van der Waals surface area (Å²) in [5, 5.41) is 6.28. The maximum atomic E-state index is 16.4. The number of aromatic nitrogens is 9. The van der Waals surface area contributed by atoms with Gasteiger partial charge in [-0.1, -0.05) is 91.5 Å². The molecule has 7 fully saturated rings. The number of carbonyl (C=O) groups excluding carboxylic acids is 3. The Bertz CT molecular complexity index is 5310. The normalized spacial score (nSPS) is 20.1. The van der Waals surface area contributed by atoms with Gasteiger partial charge in [-0.2, -0.15) is 4.98 Å². The van der Waals surface area contributed by atoms with E-state index in [0.717, 1.165) is 58.9 Å². The average molecular weight is 1430 g/mol. The van der Waals surface area contributed by atoms with Gasteiger partial charge in [-0.15, -0.1) is 11.3 Å². The number of pyridine rings is 3. The van der Waals surface area contributed by atoms with E-state index in [4.69, 9.17) is 28.2 Å². The van der Waals surface area contributed by atoms with Gasteiger partial charge in [0.15, 0.2) is 17.5 Å². The summed E-state index contributed by atoms with van der Waals surface area (Å²) in [6.07, 6.45) is 16.4. The fourth-order valence-corrected chi connectivity index (χ4v) is 17.3. The van der Waals surface area contributed by atoms with E-state index in [2.05, 4.69) is 74.3 Å². The standard InChI is InChI=1S/C29H27ClF2N6O.C24H21ClFN5O.C23H18FN5OS/c1-4-22(39)37-13-12-20-21(37)15-38(20)28-18-14-33-26(25(32)27(18)34-29(35-28)36(5-2)6-3)17-9-7-8-16-10-11-19(31)24(30)23(16)17;1-2-19(32)30-9-8-17-18(30)11-31(17)24-15-10-27-22(21(26)23(15)28-12-29-24)14-4-3-5-16(25)20(14)13-6-7-13;1-2-19(30)28-8-6-16-17(28)11-29(16)23-15-10-25-21(20(24)22(15)26-12-27-23)14-4-3-5-18-13(14)7-9-31-18/h4,7-11,14,20-21H,1,5-6,12-13,15H2,2-3H3;2-5,10,12-13,17-18H,1,6-9,11H2;2-5,7,9-10,12,16-17H,1,6,8,11H2/t20-,21-;17-,18-;16-,17-/m111/s1. The third-order valence-electron chi connectivity index (χ3n) is 21.2. The molecule has 13 heterocycles. The summed E-state index contributed by atoms with van der Waals surface area (Å²) < 4.78 is 63.2. The number of carbonyl (C=O) groups is 3. The van der Waals surface area contributed by atoms with E-state index in [9.17, 15) is 18.8 Å². The Hall–Kier alpha value is -10.3. The van der Waals surface area contributed by atoms with Crippen molar-refractivity contribution in [2.24, 2.45) is 0 Å². The molecule has 19 nitrogen and oxygen atoms in total. The molecule has 1 aliphatic carbocycles. The highest BCUT2D eigenvalue weighted by atomic mass is 35.5. The first-order valence-corrected chi connectivity index (χ1v) is 35.7. The second-order valence-corrected chi connectivity index (χ2v) is 28.0. The Morgan fingerprint density at radius 2 is 1.01 bits per heavy atom. The summed E-state index contributed by atoms with van der Waals surface area (Å²) in [6.45, 7) is 20.0. The Balaban J connectivity index is 0.000000119. The summed E-state index contributed by atoms with van der Waals surface area (Å²) in [6, 6.07) is 22.3. The van der Waals surface area contributed by atoms with Crippen LogP contribution in [0.25, 0.3) is 87.3 Å². The maximum absolute atomic E-state index is 16.4. The van der Waals surface area contributed by atoms with Crippen LogP contribution in [0.2, 0.25) is 10.0 Å². The summed E-state index contributed by atoms with van der Waals surface area (Å²) in [5.74, 6) is 0.435. The van der Waals surface area contributed by atoms with Gasteiger partial charge in [0.25, 0.3) is 0 Å². The predicted octanol–water partition coefficient (Wildman–Crippen LogP) is 14.0. The number of benzene rings is 4. The average Bonchev–Trinajstić information content (AvgIpc) is 1.27.